The highest BCUT2D eigenvalue weighted by Crippen LogP contribution is 2.36. The van der Waals surface area contributed by atoms with Gasteiger partial charge < -0.3 is 13.7 Å². The third-order valence-corrected chi connectivity index (χ3v) is 5.05. The maximum Gasteiger partial charge on any atom is 0.494 e. The summed E-state index contributed by atoms with van der Waals surface area (Å²) in [6, 6.07) is 7.56. The van der Waals surface area contributed by atoms with Gasteiger partial charge in [0.15, 0.2) is 0 Å². The highest BCUT2D eigenvalue weighted by molar-refractivity contribution is 6.62. The summed E-state index contributed by atoms with van der Waals surface area (Å²) < 4.78 is 17.7. The second-order valence-corrected chi connectivity index (χ2v) is 8.58. The van der Waals surface area contributed by atoms with Gasteiger partial charge in [0.1, 0.15) is 5.76 Å². The largest absolute Gasteiger partial charge is 0.494 e. The highest BCUT2D eigenvalue weighted by Gasteiger charge is 2.51. The van der Waals surface area contributed by atoms with Crippen LogP contribution in [0.5, 0.6) is 0 Å². The molecule has 0 aliphatic carbocycles. The predicted molar refractivity (Wildman–Crippen MR) is 96.9 cm³/mol. The Labute approximate surface area is 143 Å². The molecule has 0 radical (unpaired) electrons. The Hall–Kier alpha value is -1.59. The zero-order valence-corrected chi connectivity index (χ0v) is 15.5. The molecule has 0 unspecified atom stereocenters. The van der Waals surface area contributed by atoms with Crippen LogP contribution in [0.25, 0.3) is 10.8 Å². The van der Waals surface area contributed by atoms with Crippen LogP contribution in [0.15, 0.2) is 33.5 Å². The van der Waals surface area contributed by atoms with Crippen LogP contribution < -0.4 is 11.1 Å². The smallest absolute Gasteiger partial charge is 0.427 e. The number of fused-ring (bicyclic) bond motifs is 1. The summed E-state index contributed by atoms with van der Waals surface area (Å²) in [5, 5.41) is 1.42. The van der Waals surface area contributed by atoms with Crippen molar-refractivity contribution < 1.29 is 13.7 Å². The second-order valence-electron chi connectivity index (χ2n) is 8.58. The maximum absolute atomic E-state index is 12.3. The minimum atomic E-state index is -0.440. The lowest BCUT2D eigenvalue weighted by Crippen LogP contribution is -2.41. The molecule has 24 heavy (non-hydrogen) atoms. The van der Waals surface area contributed by atoms with E-state index in [2.05, 4.69) is 0 Å². The first-order valence-electron chi connectivity index (χ1n) is 8.35. The topological polar surface area (TPSA) is 48.7 Å². The van der Waals surface area contributed by atoms with Crippen LogP contribution in [0.1, 0.15) is 54.2 Å². The first-order valence-corrected chi connectivity index (χ1v) is 8.35. The van der Waals surface area contributed by atoms with Gasteiger partial charge in [-0.3, -0.25) is 0 Å². The van der Waals surface area contributed by atoms with Gasteiger partial charge in [-0.15, -0.1) is 0 Å². The van der Waals surface area contributed by atoms with Crippen LogP contribution in [-0.4, -0.2) is 18.3 Å². The Morgan fingerprint density at radius 3 is 2.08 bits per heavy atom. The zero-order chi connectivity index (χ0) is 17.9. The average Bonchev–Trinajstić information content (AvgIpc) is 2.66. The van der Waals surface area contributed by atoms with Gasteiger partial charge in [-0.05, 0) is 50.7 Å². The minimum absolute atomic E-state index is 0.228. The van der Waals surface area contributed by atoms with E-state index in [1.54, 1.807) is 6.07 Å². The molecule has 1 aliphatic rings. The first-order chi connectivity index (χ1) is 10.9. The summed E-state index contributed by atoms with van der Waals surface area (Å²) in [7, 11) is -0.440. The molecule has 0 atom stereocenters. The lowest BCUT2D eigenvalue weighted by atomic mass is 9.78. The van der Waals surface area contributed by atoms with Gasteiger partial charge in [-0.1, -0.05) is 32.9 Å². The normalized spacial score (nSPS) is 19.9. The van der Waals surface area contributed by atoms with Gasteiger partial charge in [0.25, 0.3) is 0 Å². The molecule has 3 rings (SSSR count). The summed E-state index contributed by atoms with van der Waals surface area (Å²) >= 11 is 0. The van der Waals surface area contributed by atoms with Gasteiger partial charge in [-0.25, -0.2) is 4.79 Å². The summed E-state index contributed by atoms with van der Waals surface area (Å²) in [6.45, 7) is 14.2. The van der Waals surface area contributed by atoms with Crippen LogP contribution in [0, 0.1) is 0 Å². The monoisotopic (exact) mass is 328 g/mol. The average molecular weight is 328 g/mol. The van der Waals surface area contributed by atoms with Gasteiger partial charge in [0.05, 0.1) is 16.6 Å². The Morgan fingerprint density at radius 2 is 1.54 bits per heavy atom. The molecule has 5 heteroatoms. The molecular weight excluding hydrogens is 303 g/mol. The van der Waals surface area contributed by atoms with Crippen LogP contribution in [0.2, 0.25) is 0 Å². The number of rotatable bonds is 1. The Morgan fingerprint density at radius 1 is 0.958 bits per heavy atom. The van der Waals surface area contributed by atoms with E-state index < -0.39 is 7.12 Å². The van der Waals surface area contributed by atoms with Crippen molar-refractivity contribution in [3.8, 4) is 0 Å². The van der Waals surface area contributed by atoms with Gasteiger partial charge in [-0.2, -0.15) is 0 Å². The lowest BCUT2D eigenvalue weighted by Gasteiger charge is -2.32. The van der Waals surface area contributed by atoms with E-state index >= 15 is 0 Å². The van der Waals surface area contributed by atoms with Crippen molar-refractivity contribution in [1.29, 1.82) is 0 Å². The predicted octanol–water partition coefficient (Wildman–Crippen LogP) is 3.39. The van der Waals surface area contributed by atoms with Crippen molar-refractivity contribution in [2.45, 2.75) is 65.1 Å². The highest BCUT2D eigenvalue weighted by atomic mass is 16.7. The Kier molecular flexibility index (Phi) is 3.74. The van der Waals surface area contributed by atoms with Crippen molar-refractivity contribution >= 4 is 23.4 Å². The van der Waals surface area contributed by atoms with Crippen molar-refractivity contribution in [3.63, 3.8) is 0 Å². The van der Waals surface area contributed by atoms with E-state index in [4.69, 9.17) is 13.7 Å². The molecule has 0 spiro atoms. The molecule has 1 saturated heterocycles. The molecule has 2 aromatic rings. The third kappa shape index (κ3) is 2.80. The van der Waals surface area contributed by atoms with Crippen molar-refractivity contribution in [2.75, 3.05) is 0 Å². The van der Waals surface area contributed by atoms with Gasteiger partial charge in [0.2, 0.25) is 0 Å². The molecule has 1 aromatic heterocycles. The molecule has 128 valence electrons. The molecule has 1 fully saturated rings. The van der Waals surface area contributed by atoms with Gasteiger partial charge >= 0.3 is 12.7 Å². The van der Waals surface area contributed by atoms with E-state index in [0.717, 1.165) is 10.8 Å². The first kappa shape index (κ1) is 17.2. The van der Waals surface area contributed by atoms with Crippen molar-refractivity contribution in [1.82, 2.24) is 0 Å². The Balaban J connectivity index is 2.08. The van der Waals surface area contributed by atoms with E-state index in [9.17, 15) is 4.79 Å². The van der Waals surface area contributed by atoms with Crippen LogP contribution in [-0.2, 0) is 14.7 Å². The Bertz CT molecular complexity index is 827. The molecule has 1 aliphatic heterocycles. The van der Waals surface area contributed by atoms with Crippen LogP contribution in [0.4, 0.5) is 0 Å². The molecule has 0 amide bonds. The van der Waals surface area contributed by atoms with Crippen molar-refractivity contribution in [2.24, 2.45) is 0 Å². The lowest BCUT2D eigenvalue weighted by molar-refractivity contribution is 0.00578. The molecule has 4 nitrogen and oxygen atoms in total. The summed E-state index contributed by atoms with van der Waals surface area (Å²) in [6.07, 6.45) is 0. The fraction of sp³-hybridized carbons (Fsp3) is 0.526. The minimum Gasteiger partial charge on any atom is -0.427 e. The fourth-order valence-corrected chi connectivity index (χ4v) is 2.71. The van der Waals surface area contributed by atoms with E-state index in [1.165, 1.54) is 0 Å². The van der Waals surface area contributed by atoms with E-state index in [0.29, 0.717) is 11.1 Å². The molecular formula is C19H25BO4. The van der Waals surface area contributed by atoms with Crippen LogP contribution in [0.3, 0.4) is 0 Å². The molecule has 0 N–H and O–H groups in total. The molecule has 1 aromatic carbocycles. The van der Waals surface area contributed by atoms with Crippen LogP contribution >= 0.6 is 0 Å². The zero-order valence-electron chi connectivity index (χ0n) is 15.5. The fourth-order valence-electron chi connectivity index (χ4n) is 2.71. The number of hydrogen-bond acceptors (Lipinski definition) is 4. The number of hydrogen-bond donors (Lipinski definition) is 0. The third-order valence-electron chi connectivity index (χ3n) is 5.05. The number of benzene rings is 1. The standard InChI is InChI=1S/C19H25BO4/c1-17(2,3)15-11-12-10-13(8-9-14(12)16(21)22-15)20-23-18(4,5)19(6,7)24-20/h8-11H,1-7H3. The summed E-state index contributed by atoms with van der Waals surface area (Å²) in [5.41, 5.74) is -0.407. The SMILES string of the molecule is CC(C)(C)c1cc2cc(B3OC(C)(C)C(C)(C)O3)ccc2c(=O)o1. The summed E-state index contributed by atoms with van der Waals surface area (Å²) in [5.74, 6) is 0.672. The molecule has 0 bridgehead atoms. The quantitative estimate of drug-likeness (QED) is 0.753. The molecule has 2 heterocycles. The van der Waals surface area contributed by atoms with E-state index in [-0.39, 0.29) is 22.2 Å². The maximum atomic E-state index is 12.3. The second kappa shape index (κ2) is 5.20. The summed E-state index contributed by atoms with van der Waals surface area (Å²) in [4.78, 5) is 12.3. The van der Waals surface area contributed by atoms with Gasteiger partial charge in [0, 0.05) is 5.41 Å². The van der Waals surface area contributed by atoms with Crippen molar-refractivity contribution in [3.05, 3.63) is 40.4 Å². The van der Waals surface area contributed by atoms with E-state index in [1.807, 2.05) is 66.7 Å². The molecule has 0 saturated carbocycles.